The molecule has 3 nitrogen and oxygen atoms in total. The maximum Gasteiger partial charge on any atom is 0.224 e. The largest absolute Gasteiger partial charge is 0.355 e. The van der Waals surface area contributed by atoms with Crippen LogP contribution in [0.5, 0.6) is 0 Å². The quantitative estimate of drug-likeness (QED) is 0.780. The van der Waals surface area contributed by atoms with Crippen LogP contribution in [0.25, 0.3) is 0 Å². The van der Waals surface area contributed by atoms with Crippen molar-refractivity contribution >= 4 is 29.0 Å². The van der Waals surface area contributed by atoms with Gasteiger partial charge in [-0.05, 0) is 30.4 Å². The molecular formula is C11H15Cl2N3. The van der Waals surface area contributed by atoms with Crippen LogP contribution in [0.1, 0.15) is 26.2 Å². The Balaban J connectivity index is 2.11. The lowest BCUT2D eigenvalue weighted by Crippen LogP contribution is -2.21. The summed E-state index contributed by atoms with van der Waals surface area (Å²) in [7, 11) is 0. The third-order valence-electron chi connectivity index (χ3n) is 2.98. The number of aromatic nitrogens is 2. The Hall–Kier alpha value is -0.540. The van der Waals surface area contributed by atoms with Crippen LogP contribution >= 0.6 is 23.2 Å². The molecular weight excluding hydrogens is 245 g/mol. The van der Waals surface area contributed by atoms with E-state index in [0.717, 1.165) is 24.8 Å². The lowest BCUT2D eigenvalue weighted by atomic mass is 10.0. The van der Waals surface area contributed by atoms with E-state index < -0.39 is 0 Å². The molecule has 0 spiro atoms. The van der Waals surface area contributed by atoms with Crippen LogP contribution in [-0.2, 0) is 0 Å². The fourth-order valence-electron chi connectivity index (χ4n) is 2.23. The zero-order valence-electron chi connectivity index (χ0n) is 9.29. The third kappa shape index (κ3) is 2.58. The molecule has 5 heteroatoms. The molecule has 2 rings (SSSR count). The van der Waals surface area contributed by atoms with Gasteiger partial charge in [-0.1, -0.05) is 24.9 Å². The molecule has 1 fully saturated rings. The van der Waals surface area contributed by atoms with Crippen LogP contribution < -0.4 is 4.90 Å². The molecule has 88 valence electrons. The van der Waals surface area contributed by atoms with Gasteiger partial charge in [-0.25, -0.2) is 4.98 Å². The summed E-state index contributed by atoms with van der Waals surface area (Å²) in [6, 6.07) is 0. The Morgan fingerprint density at radius 1 is 1.50 bits per heavy atom. The molecule has 1 aromatic rings. The van der Waals surface area contributed by atoms with Gasteiger partial charge in [0.25, 0.3) is 0 Å². The molecule has 1 aromatic heterocycles. The second-order valence-electron chi connectivity index (χ2n) is 4.20. The maximum atomic E-state index is 6.08. The van der Waals surface area contributed by atoms with E-state index in [1.807, 2.05) is 0 Å². The molecule has 2 heterocycles. The first-order valence-electron chi connectivity index (χ1n) is 5.63. The second kappa shape index (κ2) is 5.19. The van der Waals surface area contributed by atoms with E-state index in [0.29, 0.717) is 5.02 Å². The summed E-state index contributed by atoms with van der Waals surface area (Å²) in [6.45, 7) is 4.26. The van der Waals surface area contributed by atoms with Crippen molar-refractivity contribution in [3.63, 3.8) is 0 Å². The fraction of sp³-hybridized carbons (Fsp3) is 0.636. The first kappa shape index (κ1) is 11.9. The third-order valence-corrected chi connectivity index (χ3v) is 3.43. The molecule has 0 N–H and O–H groups in total. The normalized spacial score (nSPS) is 20.4. The number of hydrogen-bond acceptors (Lipinski definition) is 3. The molecule has 0 radical (unpaired) electrons. The first-order chi connectivity index (χ1) is 7.70. The van der Waals surface area contributed by atoms with E-state index in [1.54, 1.807) is 6.20 Å². The number of anilines is 1. The van der Waals surface area contributed by atoms with Crippen molar-refractivity contribution in [2.75, 3.05) is 18.0 Å². The molecule has 1 unspecified atom stereocenters. The van der Waals surface area contributed by atoms with Gasteiger partial charge in [-0.15, -0.1) is 0 Å². The highest BCUT2D eigenvalue weighted by atomic mass is 35.5. The molecule has 1 atom stereocenters. The van der Waals surface area contributed by atoms with Crippen molar-refractivity contribution < 1.29 is 0 Å². The average Bonchev–Trinajstić information content (AvgIpc) is 2.71. The lowest BCUT2D eigenvalue weighted by Gasteiger charge is -2.18. The summed E-state index contributed by atoms with van der Waals surface area (Å²) < 4.78 is 0. The van der Waals surface area contributed by atoms with Crippen molar-refractivity contribution in [2.24, 2.45) is 5.92 Å². The van der Waals surface area contributed by atoms with Crippen molar-refractivity contribution in [3.8, 4) is 0 Å². The lowest BCUT2D eigenvalue weighted by molar-refractivity contribution is 0.529. The van der Waals surface area contributed by atoms with Crippen LogP contribution in [0.4, 0.5) is 5.82 Å². The van der Waals surface area contributed by atoms with E-state index in [2.05, 4.69) is 21.8 Å². The predicted molar refractivity (Wildman–Crippen MR) is 67.3 cm³/mol. The van der Waals surface area contributed by atoms with Crippen LogP contribution in [0, 0.1) is 5.92 Å². The zero-order chi connectivity index (χ0) is 11.5. The van der Waals surface area contributed by atoms with Crippen molar-refractivity contribution in [3.05, 3.63) is 16.5 Å². The van der Waals surface area contributed by atoms with Crippen LogP contribution in [0.2, 0.25) is 10.3 Å². The summed E-state index contributed by atoms with van der Waals surface area (Å²) >= 11 is 11.9. The van der Waals surface area contributed by atoms with E-state index in [1.165, 1.54) is 19.3 Å². The summed E-state index contributed by atoms with van der Waals surface area (Å²) in [5.74, 6) is 1.54. The standard InChI is InChI=1S/C11H15Cl2N3/c1-2-3-8-4-5-16(7-8)10-9(12)6-14-11(13)15-10/h6,8H,2-5,7H2,1H3. The smallest absolute Gasteiger partial charge is 0.224 e. The highest BCUT2D eigenvalue weighted by molar-refractivity contribution is 6.33. The number of rotatable bonds is 3. The van der Waals surface area contributed by atoms with Gasteiger partial charge in [0.1, 0.15) is 5.02 Å². The number of halogens is 2. The minimum absolute atomic E-state index is 0.262. The molecule has 0 bridgehead atoms. The SMILES string of the molecule is CCCC1CCN(c2nc(Cl)ncc2Cl)C1. The summed E-state index contributed by atoms with van der Waals surface area (Å²) in [5.41, 5.74) is 0. The Bertz CT molecular complexity index is 370. The van der Waals surface area contributed by atoms with E-state index in [9.17, 15) is 0 Å². The molecule has 1 aliphatic heterocycles. The summed E-state index contributed by atoms with van der Waals surface area (Å²) in [5, 5.41) is 0.847. The zero-order valence-corrected chi connectivity index (χ0v) is 10.8. The Morgan fingerprint density at radius 2 is 2.31 bits per heavy atom. The van der Waals surface area contributed by atoms with Crippen LogP contribution in [-0.4, -0.2) is 23.1 Å². The molecule has 0 saturated carbocycles. The second-order valence-corrected chi connectivity index (χ2v) is 4.95. The number of hydrogen-bond donors (Lipinski definition) is 0. The molecule has 16 heavy (non-hydrogen) atoms. The summed E-state index contributed by atoms with van der Waals surface area (Å²) in [4.78, 5) is 10.3. The highest BCUT2D eigenvalue weighted by Crippen LogP contribution is 2.30. The molecule has 0 aromatic carbocycles. The minimum atomic E-state index is 0.262. The molecule has 0 amide bonds. The van der Waals surface area contributed by atoms with Gasteiger partial charge >= 0.3 is 0 Å². The van der Waals surface area contributed by atoms with Gasteiger partial charge in [0, 0.05) is 13.1 Å². The fourth-order valence-corrected chi connectivity index (χ4v) is 2.57. The molecule has 1 aliphatic rings. The van der Waals surface area contributed by atoms with Crippen molar-refractivity contribution in [1.29, 1.82) is 0 Å². The van der Waals surface area contributed by atoms with E-state index in [4.69, 9.17) is 23.2 Å². The van der Waals surface area contributed by atoms with E-state index >= 15 is 0 Å². The topological polar surface area (TPSA) is 29.0 Å². The molecule has 0 aliphatic carbocycles. The Labute approximate surface area is 106 Å². The molecule has 1 saturated heterocycles. The van der Waals surface area contributed by atoms with Crippen molar-refractivity contribution in [1.82, 2.24) is 9.97 Å². The van der Waals surface area contributed by atoms with Gasteiger partial charge in [-0.3, -0.25) is 0 Å². The predicted octanol–water partition coefficient (Wildman–Crippen LogP) is 3.41. The van der Waals surface area contributed by atoms with Gasteiger partial charge in [0.05, 0.1) is 6.20 Å². The van der Waals surface area contributed by atoms with E-state index in [-0.39, 0.29) is 5.28 Å². The monoisotopic (exact) mass is 259 g/mol. The average molecular weight is 260 g/mol. The summed E-state index contributed by atoms with van der Waals surface area (Å²) in [6.07, 6.45) is 5.29. The highest BCUT2D eigenvalue weighted by Gasteiger charge is 2.24. The van der Waals surface area contributed by atoms with Crippen LogP contribution in [0.15, 0.2) is 6.20 Å². The number of nitrogens with zero attached hydrogens (tertiary/aromatic N) is 3. The van der Waals surface area contributed by atoms with Gasteiger partial charge in [0.2, 0.25) is 5.28 Å². The van der Waals surface area contributed by atoms with Crippen LogP contribution in [0.3, 0.4) is 0 Å². The minimum Gasteiger partial charge on any atom is -0.355 e. The van der Waals surface area contributed by atoms with Gasteiger partial charge in [0.15, 0.2) is 5.82 Å². The van der Waals surface area contributed by atoms with Gasteiger partial charge in [-0.2, -0.15) is 4.98 Å². The Morgan fingerprint density at radius 3 is 3.06 bits per heavy atom. The maximum absolute atomic E-state index is 6.08. The van der Waals surface area contributed by atoms with Gasteiger partial charge < -0.3 is 4.90 Å². The Kier molecular flexibility index (Phi) is 3.87. The first-order valence-corrected chi connectivity index (χ1v) is 6.39. The van der Waals surface area contributed by atoms with Crippen molar-refractivity contribution in [2.45, 2.75) is 26.2 Å².